The fourth-order valence-electron chi connectivity index (χ4n) is 3.97. The minimum Gasteiger partial charge on any atom is -0.385 e. The number of hydrogen-bond donors (Lipinski definition) is 2. The second-order valence-electron chi connectivity index (χ2n) is 7.59. The van der Waals surface area contributed by atoms with Crippen molar-refractivity contribution >= 4 is 23.0 Å². The number of likely N-dealkylation sites (tertiary alicyclic amines) is 1. The molecule has 2 N–H and O–H groups in total. The Morgan fingerprint density at radius 3 is 2.67 bits per heavy atom. The first-order chi connectivity index (χ1) is 14.6. The van der Waals surface area contributed by atoms with Crippen molar-refractivity contribution in [1.82, 2.24) is 14.3 Å². The van der Waals surface area contributed by atoms with Crippen LogP contribution in [0.1, 0.15) is 54.2 Å². The molecule has 1 aliphatic heterocycles. The molecule has 2 aromatic heterocycles. The Hall–Kier alpha value is -3.22. The number of carbonyl (C=O) groups excluding carboxylic acids is 1. The zero-order valence-corrected chi connectivity index (χ0v) is 17.1. The molecule has 0 bridgehead atoms. The minimum absolute atomic E-state index is 0.0333. The van der Waals surface area contributed by atoms with Crippen LogP contribution in [0.25, 0.3) is 5.65 Å². The van der Waals surface area contributed by atoms with E-state index < -0.39 is 0 Å². The van der Waals surface area contributed by atoms with Gasteiger partial charge < -0.3 is 10.2 Å². The topological polar surface area (TPSA) is 73.5 Å². The number of aromatic nitrogens is 2. The van der Waals surface area contributed by atoms with Gasteiger partial charge in [-0.1, -0.05) is 12.8 Å². The average Bonchev–Trinajstić information content (AvgIpc) is 2.97. The highest BCUT2D eigenvalue weighted by Gasteiger charge is 2.20. The molecular weight excluding hydrogens is 381 g/mol. The molecule has 0 unspecified atom stereocenters. The summed E-state index contributed by atoms with van der Waals surface area (Å²) < 4.78 is 15.3. The Morgan fingerprint density at radius 1 is 1.17 bits per heavy atom. The van der Waals surface area contributed by atoms with Gasteiger partial charge in [-0.2, -0.15) is 0 Å². The number of benzene rings is 1. The van der Waals surface area contributed by atoms with E-state index in [1.807, 2.05) is 17.9 Å². The van der Waals surface area contributed by atoms with E-state index in [-0.39, 0.29) is 17.4 Å². The van der Waals surface area contributed by atoms with Crippen molar-refractivity contribution < 1.29 is 9.18 Å². The monoisotopic (exact) mass is 407 g/mol. The maximum atomic E-state index is 13.7. The van der Waals surface area contributed by atoms with Crippen LogP contribution in [0.15, 0.2) is 42.7 Å². The number of imidazole rings is 1. The Labute approximate surface area is 175 Å². The lowest BCUT2D eigenvalue weighted by Crippen LogP contribution is -2.32. The number of halogens is 1. The van der Waals surface area contributed by atoms with Crippen LogP contribution >= 0.6 is 0 Å². The molecule has 0 radical (unpaired) electrons. The lowest BCUT2D eigenvalue weighted by Gasteiger charge is -2.21. The highest BCUT2D eigenvalue weighted by atomic mass is 19.1. The molecule has 6 nitrogen and oxygen atoms in total. The quantitative estimate of drug-likeness (QED) is 0.618. The maximum absolute atomic E-state index is 13.7. The third kappa shape index (κ3) is 3.92. The number of amides is 1. The molecule has 0 aliphatic carbocycles. The fraction of sp³-hybridized carbons (Fsp3) is 0.348. The van der Waals surface area contributed by atoms with Gasteiger partial charge in [-0.15, -0.1) is 0 Å². The van der Waals surface area contributed by atoms with Crippen LogP contribution < -0.4 is 5.32 Å². The van der Waals surface area contributed by atoms with E-state index >= 15 is 0 Å². The van der Waals surface area contributed by atoms with E-state index in [2.05, 4.69) is 10.3 Å². The molecule has 0 atom stereocenters. The average molecular weight is 407 g/mol. The minimum atomic E-state index is -0.389. The van der Waals surface area contributed by atoms with Crippen LogP contribution in [0, 0.1) is 11.2 Å². The van der Waals surface area contributed by atoms with E-state index in [1.165, 1.54) is 25.1 Å². The summed E-state index contributed by atoms with van der Waals surface area (Å²) in [5.41, 5.74) is 3.28. The van der Waals surface area contributed by atoms with Crippen LogP contribution in [-0.4, -0.2) is 45.5 Å². The van der Waals surface area contributed by atoms with Gasteiger partial charge in [0.15, 0.2) is 0 Å². The summed E-state index contributed by atoms with van der Waals surface area (Å²) in [5.74, 6) is -0.356. The molecule has 1 amide bonds. The summed E-state index contributed by atoms with van der Waals surface area (Å²) in [6.45, 7) is 4.21. The Morgan fingerprint density at radius 2 is 1.93 bits per heavy atom. The molecule has 1 saturated heterocycles. The molecule has 1 aliphatic rings. The number of hydrogen-bond acceptors (Lipinski definition) is 4. The molecule has 0 saturated carbocycles. The van der Waals surface area contributed by atoms with Gasteiger partial charge in [0, 0.05) is 42.6 Å². The smallest absolute Gasteiger partial charge is 0.253 e. The van der Waals surface area contributed by atoms with E-state index in [0.717, 1.165) is 31.6 Å². The van der Waals surface area contributed by atoms with Gasteiger partial charge in [-0.05, 0) is 50.1 Å². The first-order valence-electron chi connectivity index (χ1n) is 10.5. The summed E-state index contributed by atoms with van der Waals surface area (Å²) in [6, 6.07) is 8.33. The van der Waals surface area contributed by atoms with Gasteiger partial charge >= 0.3 is 0 Å². The van der Waals surface area contributed by atoms with Crippen molar-refractivity contribution in [3.63, 3.8) is 0 Å². The van der Waals surface area contributed by atoms with Crippen molar-refractivity contribution in [1.29, 1.82) is 5.41 Å². The first-order valence-corrected chi connectivity index (χ1v) is 10.5. The lowest BCUT2D eigenvalue weighted by molar-refractivity contribution is 0.0761. The Kier molecular flexibility index (Phi) is 5.79. The van der Waals surface area contributed by atoms with Crippen molar-refractivity contribution in [2.24, 2.45) is 0 Å². The summed E-state index contributed by atoms with van der Waals surface area (Å²) in [7, 11) is 0. The first kappa shape index (κ1) is 20.1. The number of carbonyl (C=O) groups is 1. The zero-order valence-electron chi connectivity index (χ0n) is 17.1. The second kappa shape index (κ2) is 8.65. The lowest BCUT2D eigenvalue weighted by atomic mass is 10.0. The maximum Gasteiger partial charge on any atom is 0.253 e. The third-order valence-electron chi connectivity index (χ3n) is 5.52. The number of pyridine rings is 1. The van der Waals surface area contributed by atoms with Gasteiger partial charge in [-0.25, -0.2) is 9.37 Å². The fourth-order valence-corrected chi connectivity index (χ4v) is 3.97. The van der Waals surface area contributed by atoms with E-state index in [0.29, 0.717) is 29.0 Å². The standard InChI is InChI=1S/C23H26FN5O/c1-2-26-19-13-16(23(30)28-11-5-3-4-6-12-28)7-9-18(19)22(25)20-14-27-21-10-8-17(24)15-29(20)21/h7-10,13-15,25-26H,2-6,11-12H2,1H3. The number of nitrogens with one attached hydrogen (secondary N) is 2. The summed E-state index contributed by atoms with van der Waals surface area (Å²) in [4.78, 5) is 19.2. The number of fused-ring (bicyclic) bond motifs is 1. The molecule has 156 valence electrons. The van der Waals surface area contributed by atoms with Crippen LogP contribution in [0.2, 0.25) is 0 Å². The normalized spacial score (nSPS) is 14.5. The predicted molar refractivity (Wildman–Crippen MR) is 116 cm³/mol. The van der Waals surface area contributed by atoms with Crippen molar-refractivity contribution in [3.05, 3.63) is 65.4 Å². The Balaban J connectivity index is 1.68. The van der Waals surface area contributed by atoms with Crippen LogP contribution in [-0.2, 0) is 0 Å². The Bertz CT molecular complexity index is 1080. The highest BCUT2D eigenvalue weighted by molar-refractivity contribution is 6.14. The highest BCUT2D eigenvalue weighted by Crippen LogP contribution is 2.24. The van der Waals surface area contributed by atoms with Crippen molar-refractivity contribution in [2.75, 3.05) is 25.0 Å². The molecule has 1 aromatic carbocycles. The SMILES string of the molecule is CCNc1cc(C(=O)N2CCCCCC2)ccc1C(=N)c1cnc2ccc(F)cn12. The molecule has 3 heterocycles. The van der Waals surface area contributed by atoms with Gasteiger partial charge in [-0.3, -0.25) is 14.6 Å². The van der Waals surface area contributed by atoms with E-state index in [4.69, 9.17) is 5.41 Å². The predicted octanol–water partition coefficient (Wildman–Crippen LogP) is 4.34. The molecule has 30 heavy (non-hydrogen) atoms. The third-order valence-corrected chi connectivity index (χ3v) is 5.52. The van der Waals surface area contributed by atoms with E-state index in [1.54, 1.807) is 28.8 Å². The summed E-state index contributed by atoms with van der Waals surface area (Å²) in [5, 5.41) is 12.0. The molecule has 4 rings (SSSR count). The summed E-state index contributed by atoms with van der Waals surface area (Å²) in [6.07, 6.45) is 7.32. The summed E-state index contributed by atoms with van der Waals surface area (Å²) >= 11 is 0. The van der Waals surface area contributed by atoms with Crippen LogP contribution in [0.4, 0.5) is 10.1 Å². The largest absolute Gasteiger partial charge is 0.385 e. The van der Waals surface area contributed by atoms with Crippen molar-refractivity contribution in [2.45, 2.75) is 32.6 Å². The van der Waals surface area contributed by atoms with Gasteiger partial charge in [0.25, 0.3) is 5.91 Å². The molecule has 3 aromatic rings. The molecule has 7 heteroatoms. The van der Waals surface area contributed by atoms with Crippen molar-refractivity contribution in [3.8, 4) is 0 Å². The molecule has 0 spiro atoms. The zero-order chi connectivity index (χ0) is 21.1. The van der Waals surface area contributed by atoms with Crippen LogP contribution in [0.3, 0.4) is 0 Å². The second-order valence-corrected chi connectivity index (χ2v) is 7.59. The van der Waals surface area contributed by atoms with Gasteiger partial charge in [0.05, 0.1) is 17.6 Å². The molecular formula is C23H26FN5O. The number of rotatable bonds is 5. The van der Waals surface area contributed by atoms with Gasteiger partial charge in [0.2, 0.25) is 0 Å². The number of anilines is 1. The van der Waals surface area contributed by atoms with Gasteiger partial charge in [0.1, 0.15) is 11.5 Å². The number of nitrogens with zero attached hydrogens (tertiary/aromatic N) is 3. The molecule has 1 fully saturated rings. The van der Waals surface area contributed by atoms with E-state index in [9.17, 15) is 9.18 Å². The van der Waals surface area contributed by atoms with Crippen LogP contribution in [0.5, 0.6) is 0 Å².